The summed E-state index contributed by atoms with van der Waals surface area (Å²) in [6.45, 7) is 1.89. The molecule has 0 aliphatic heterocycles. The average molecular weight is 433 g/mol. The molecule has 0 fully saturated rings. The number of ether oxygens (including phenoxy) is 1. The molecule has 1 atom stereocenters. The van der Waals surface area contributed by atoms with E-state index in [4.69, 9.17) is 39.5 Å². The number of amides is 1. The van der Waals surface area contributed by atoms with Crippen molar-refractivity contribution in [1.29, 1.82) is 0 Å². The average Bonchev–Trinajstić information content (AvgIpc) is 2.60. The third-order valence-corrected chi connectivity index (χ3v) is 4.26. The van der Waals surface area contributed by atoms with E-state index in [9.17, 15) is 14.9 Å². The molecule has 0 aliphatic rings. The predicted octanol–water partition coefficient (Wildman–Crippen LogP) is 4.45. The zero-order valence-corrected chi connectivity index (χ0v) is 16.6. The smallest absolute Gasteiger partial charge is 0.312 e. The van der Waals surface area contributed by atoms with Gasteiger partial charge in [-0.2, -0.15) is 0 Å². The molecule has 2 aromatic carbocycles. The van der Waals surface area contributed by atoms with Crippen LogP contribution >= 0.6 is 34.8 Å². The third kappa shape index (κ3) is 5.63. The molecule has 0 spiro atoms. The van der Waals surface area contributed by atoms with Gasteiger partial charge in [0.2, 0.25) is 3.79 Å². The Kier molecular flexibility index (Phi) is 6.75. The Morgan fingerprint density at radius 3 is 2.33 bits per heavy atom. The van der Waals surface area contributed by atoms with Crippen molar-refractivity contribution in [3.8, 4) is 5.75 Å². The predicted molar refractivity (Wildman–Crippen MR) is 106 cm³/mol. The number of nitro groups is 1. The molecule has 0 heterocycles. The summed E-state index contributed by atoms with van der Waals surface area (Å²) in [5, 5.41) is 16.5. The van der Waals surface area contributed by atoms with Crippen LogP contribution in [0.4, 0.5) is 11.4 Å². The van der Waals surface area contributed by atoms with Crippen molar-refractivity contribution in [3.05, 3.63) is 63.7 Å². The number of nitrogens with zero attached hydrogens (tertiary/aromatic N) is 1. The zero-order valence-electron chi connectivity index (χ0n) is 14.3. The topological polar surface area (TPSA) is 93.5 Å². The second-order valence-corrected chi connectivity index (χ2v) is 7.97. The molecule has 0 aromatic heterocycles. The summed E-state index contributed by atoms with van der Waals surface area (Å²) in [4.78, 5) is 23.0. The van der Waals surface area contributed by atoms with E-state index in [-0.39, 0.29) is 17.1 Å². The maximum absolute atomic E-state index is 12.4. The van der Waals surface area contributed by atoms with Gasteiger partial charge >= 0.3 is 5.69 Å². The van der Waals surface area contributed by atoms with Gasteiger partial charge in [0, 0.05) is 17.3 Å². The van der Waals surface area contributed by atoms with Crippen LogP contribution in [0, 0.1) is 17.0 Å². The lowest BCUT2D eigenvalue weighted by molar-refractivity contribution is -0.385. The Balaban J connectivity index is 2.25. The molecule has 10 heteroatoms. The minimum absolute atomic E-state index is 0.0830. The second-order valence-electron chi connectivity index (χ2n) is 5.60. The summed E-state index contributed by atoms with van der Waals surface area (Å²) >= 11 is 17.9. The molecule has 0 saturated heterocycles. The van der Waals surface area contributed by atoms with Gasteiger partial charge in [0.25, 0.3) is 5.91 Å². The third-order valence-electron chi connectivity index (χ3n) is 3.60. The summed E-state index contributed by atoms with van der Waals surface area (Å²) in [7, 11) is 1.32. The van der Waals surface area contributed by atoms with Gasteiger partial charge in [0.05, 0.1) is 12.0 Å². The van der Waals surface area contributed by atoms with E-state index in [0.717, 1.165) is 5.56 Å². The van der Waals surface area contributed by atoms with Gasteiger partial charge in [0.15, 0.2) is 5.75 Å². The van der Waals surface area contributed by atoms with Crippen molar-refractivity contribution in [3.63, 3.8) is 0 Å². The summed E-state index contributed by atoms with van der Waals surface area (Å²) in [5.74, 6) is -0.387. The number of rotatable bonds is 6. The molecule has 0 aliphatic carbocycles. The summed E-state index contributed by atoms with van der Waals surface area (Å²) in [5.41, 5.74) is 1.37. The van der Waals surface area contributed by atoms with Gasteiger partial charge in [0.1, 0.15) is 6.17 Å². The molecule has 0 radical (unpaired) electrons. The van der Waals surface area contributed by atoms with Gasteiger partial charge in [-0.1, -0.05) is 52.5 Å². The first-order chi connectivity index (χ1) is 12.6. The molecular weight excluding hydrogens is 417 g/mol. The number of aryl methyl sites for hydroxylation is 1. The maximum atomic E-state index is 12.4. The molecule has 2 rings (SSSR count). The number of methoxy groups -OCH3 is 1. The van der Waals surface area contributed by atoms with Crippen LogP contribution in [0.2, 0.25) is 0 Å². The van der Waals surface area contributed by atoms with Crippen LogP contribution in [0.1, 0.15) is 15.9 Å². The lowest BCUT2D eigenvalue weighted by Crippen LogP contribution is -2.49. The lowest BCUT2D eigenvalue weighted by Gasteiger charge is -2.27. The second kappa shape index (κ2) is 8.65. The van der Waals surface area contributed by atoms with E-state index in [1.807, 2.05) is 6.92 Å². The van der Waals surface area contributed by atoms with E-state index in [0.29, 0.717) is 5.56 Å². The maximum Gasteiger partial charge on any atom is 0.312 e. The molecule has 2 aromatic rings. The fourth-order valence-electron chi connectivity index (χ4n) is 2.21. The summed E-state index contributed by atoms with van der Waals surface area (Å²) in [6, 6.07) is 11.0. The van der Waals surface area contributed by atoms with Crippen LogP contribution in [-0.4, -0.2) is 27.9 Å². The number of benzene rings is 2. The standard InChI is InChI=1S/C17H16Cl3N3O4/c1-10-3-5-11(6-4-10)15(24)22-16(17(18,19)20)21-12-7-8-14(27-2)13(9-12)23(25)26/h3-9,16,21H,1-2H3,(H,22,24)/t16-/m1/s1. The van der Waals surface area contributed by atoms with Crippen molar-refractivity contribution in [2.75, 3.05) is 12.4 Å². The van der Waals surface area contributed by atoms with Crippen LogP contribution in [0.5, 0.6) is 5.75 Å². The molecule has 144 valence electrons. The quantitative estimate of drug-likeness (QED) is 0.304. The Hall–Kier alpha value is -2.22. The minimum Gasteiger partial charge on any atom is -0.490 e. The van der Waals surface area contributed by atoms with Crippen molar-refractivity contribution in [1.82, 2.24) is 5.32 Å². The molecule has 0 saturated carbocycles. The first kappa shape index (κ1) is 21.1. The molecule has 0 unspecified atom stereocenters. The highest BCUT2D eigenvalue weighted by atomic mass is 35.6. The fourth-order valence-corrected chi connectivity index (χ4v) is 2.54. The Labute approximate surface area is 170 Å². The Morgan fingerprint density at radius 2 is 1.81 bits per heavy atom. The van der Waals surface area contributed by atoms with E-state index in [2.05, 4.69) is 10.6 Å². The number of carbonyl (C=O) groups excluding carboxylic acids is 1. The number of halogens is 3. The summed E-state index contributed by atoms with van der Waals surface area (Å²) in [6.07, 6.45) is -1.15. The van der Waals surface area contributed by atoms with Gasteiger partial charge < -0.3 is 15.4 Å². The van der Waals surface area contributed by atoms with Gasteiger partial charge in [-0.25, -0.2) is 0 Å². The summed E-state index contributed by atoms with van der Waals surface area (Å²) < 4.78 is 3.03. The monoisotopic (exact) mass is 431 g/mol. The minimum atomic E-state index is -1.92. The number of anilines is 1. The first-order valence-electron chi connectivity index (χ1n) is 7.65. The van der Waals surface area contributed by atoms with Crippen LogP contribution < -0.4 is 15.4 Å². The van der Waals surface area contributed by atoms with Crippen molar-refractivity contribution < 1.29 is 14.5 Å². The van der Waals surface area contributed by atoms with Crippen LogP contribution in [0.25, 0.3) is 0 Å². The number of nitro benzene ring substituents is 1. The molecule has 27 heavy (non-hydrogen) atoms. The number of alkyl halides is 3. The van der Waals surface area contributed by atoms with Crippen LogP contribution in [-0.2, 0) is 0 Å². The van der Waals surface area contributed by atoms with E-state index in [1.54, 1.807) is 24.3 Å². The highest BCUT2D eigenvalue weighted by Crippen LogP contribution is 2.34. The zero-order chi connectivity index (χ0) is 20.2. The number of hydrogen-bond donors (Lipinski definition) is 2. The van der Waals surface area contributed by atoms with Gasteiger partial charge in [-0.15, -0.1) is 0 Å². The van der Waals surface area contributed by atoms with Crippen molar-refractivity contribution >= 4 is 52.1 Å². The normalized spacial score (nSPS) is 12.2. The molecule has 7 nitrogen and oxygen atoms in total. The number of carbonyl (C=O) groups is 1. The first-order valence-corrected chi connectivity index (χ1v) is 8.78. The molecular formula is C17H16Cl3N3O4. The van der Waals surface area contributed by atoms with Gasteiger partial charge in [-0.05, 0) is 31.2 Å². The van der Waals surface area contributed by atoms with Crippen molar-refractivity contribution in [2.24, 2.45) is 0 Å². The van der Waals surface area contributed by atoms with E-state index >= 15 is 0 Å². The molecule has 0 bridgehead atoms. The lowest BCUT2D eigenvalue weighted by atomic mass is 10.1. The number of hydrogen-bond acceptors (Lipinski definition) is 5. The van der Waals surface area contributed by atoms with E-state index in [1.165, 1.54) is 25.3 Å². The van der Waals surface area contributed by atoms with Crippen LogP contribution in [0.15, 0.2) is 42.5 Å². The highest BCUT2D eigenvalue weighted by Gasteiger charge is 2.34. The van der Waals surface area contributed by atoms with E-state index < -0.39 is 20.8 Å². The Bertz CT molecular complexity index is 838. The SMILES string of the molecule is COc1ccc(N[C@H](NC(=O)c2ccc(C)cc2)C(Cl)(Cl)Cl)cc1[N+](=O)[O-]. The Morgan fingerprint density at radius 1 is 1.19 bits per heavy atom. The van der Waals surface area contributed by atoms with Crippen LogP contribution in [0.3, 0.4) is 0 Å². The highest BCUT2D eigenvalue weighted by molar-refractivity contribution is 6.68. The van der Waals surface area contributed by atoms with Crippen molar-refractivity contribution in [2.45, 2.75) is 16.9 Å². The molecule has 2 N–H and O–H groups in total. The molecule has 1 amide bonds. The largest absolute Gasteiger partial charge is 0.490 e. The number of nitrogens with one attached hydrogen (secondary N) is 2. The fraction of sp³-hybridized carbons (Fsp3) is 0.235. The van der Waals surface area contributed by atoms with Gasteiger partial charge in [-0.3, -0.25) is 14.9 Å².